The maximum absolute atomic E-state index is 10.7. The molecule has 17 heavy (non-hydrogen) atoms. The van der Waals surface area contributed by atoms with Crippen molar-refractivity contribution in [2.45, 2.75) is 13.1 Å². The van der Waals surface area contributed by atoms with Crippen LogP contribution in [0.1, 0.15) is 6.92 Å². The Bertz CT molecular complexity index is 242. The van der Waals surface area contributed by atoms with Crippen LogP contribution in [0.2, 0.25) is 0 Å². The van der Waals surface area contributed by atoms with E-state index in [2.05, 4.69) is 27.6 Å². The molecule has 1 aliphatic heterocycles. The molecule has 0 spiro atoms. The van der Waals surface area contributed by atoms with Crippen LogP contribution in [-0.2, 0) is 9.63 Å². The van der Waals surface area contributed by atoms with Gasteiger partial charge in [0.05, 0.1) is 6.17 Å². The summed E-state index contributed by atoms with van der Waals surface area (Å²) in [5.41, 5.74) is 2.34. The number of amides is 1. The molecule has 1 unspecified atom stereocenters. The number of hydrogen-bond donors (Lipinski definition) is 3. The summed E-state index contributed by atoms with van der Waals surface area (Å²) in [5.74, 6) is -0.187. The molecule has 1 heterocycles. The first-order valence-corrected chi connectivity index (χ1v) is 5.91. The zero-order valence-electron chi connectivity index (χ0n) is 10.4. The topological polar surface area (TPSA) is 65.6 Å². The van der Waals surface area contributed by atoms with Crippen LogP contribution in [0.25, 0.3) is 0 Å². The molecule has 0 aliphatic carbocycles. The van der Waals surface area contributed by atoms with Crippen molar-refractivity contribution in [2.75, 3.05) is 39.3 Å². The Labute approximate surface area is 102 Å². The Morgan fingerprint density at radius 2 is 2.29 bits per heavy atom. The third kappa shape index (κ3) is 5.78. The second-order valence-electron chi connectivity index (χ2n) is 3.97. The van der Waals surface area contributed by atoms with Crippen LogP contribution in [0.4, 0.5) is 0 Å². The quantitative estimate of drug-likeness (QED) is 0.397. The first-order chi connectivity index (χ1) is 8.24. The van der Waals surface area contributed by atoms with Gasteiger partial charge in [-0.25, -0.2) is 5.48 Å². The average molecular weight is 242 g/mol. The fraction of sp³-hybridized carbons (Fsp3) is 0.727. The van der Waals surface area contributed by atoms with E-state index < -0.39 is 0 Å². The van der Waals surface area contributed by atoms with Gasteiger partial charge in [0.2, 0.25) is 5.91 Å². The van der Waals surface area contributed by atoms with Gasteiger partial charge in [0.1, 0.15) is 6.61 Å². The number of rotatable bonds is 7. The van der Waals surface area contributed by atoms with Crippen LogP contribution >= 0.6 is 0 Å². The molecule has 0 bridgehead atoms. The third-order valence-electron chi connectivity index (χ3n) is 2.55. The lowest BCUT2D eigenvalue weighted by atomic mass is 10.3. The summed E-state index contributed by atoms with van der Waals surface area (Å²) in [5, 5.41) is 6.62. The first-order valence-electron chi connectivity index (χ1n) is 5.91. The Kier molecular flexibility index (Phi) is 6.80. The minimum atomic E-state index is -0.187. The van der Waals surface area contributed by atoms with Crippen LogP contribution in [0.5, 0.6) is 0 Å². The molecule has 1 aliphatic rings. The van der Waals surface area contributed by atoms with E-state index in [1.165, 1.54) is 6.92 Å². The van der Waals surface area contributed by atoms with Gasteiger partial charge in [-0.2, -0.15) is 0 Å². The minimum absolute atomic E-state index is 0.0990. The summed E-state index contributed by atoms with van der Waals surface area (Å²) in [6, 6.07) is 0. The summed E-state index contributed by atoms with van der Waals surface area (Å²) < 4.78 is 0. The summed E-state index contributed by atoms with van der Waals surface area (Å²) in [7, 11) is 0. The van der Waals surface area contributed by atoms with E-state index in [9.17, 15) is 4.79 Å². The lowest BCUT2D eigenvalue weighted by Crippen LogP contribution is -2.56. The van der Waals surface area contributed by atoms with E-state index in [0.717, 1.165) is 32.7 Å². The van der Waals surface area contributed by atoms with Crippen LogP contribution < -0.4 is 16.1 Å². The number of nitrogens with zero attached hydrogens (tertiary/aromatic N) is 1. The van der Waals surface area contributed by atoms with Crippen molar-refractivity contribution >= 4 is 5.91 Å². The molecule has 1 fully saturated rings. The Morgan fingerprint density at radius 3 is 2.88 bits per heavy atom. The van der Waals surface area contributed by atoms with Gasteiger partial charge in [0.25, 0.3) is 0 Å². The molecular weight excluding hydrogens is 220 g/mol. The van der Waals surface area contributed by atoms with Gasteiger partial charge in [-0.1, -0.05) is 6.08 Å². The number of carbonyl (C=O) groups is 1. The predicted octanol–water partition coefficient (Wildman–Crippen LogP) is -0.939. The minimum Gasteiger partial charge on any atom is -0.314 e. The molecule has 0 aromatic rings. The summed E-state index contributed by atoms with van der Waals surface area (Å²) in [6.07, 6.45) is 1.91. The van der Waals surface area contributed by atoms with E-state index in [0.29, 0.717) is 6.61 Å². The molecule has 6 heteroatoms. The largest absolute Gasteiger partial charge is 0.314 e. The molecule has 1 amide bonds. The van der Waals surface area contributed by atoms with E-state index in [-0.39, 0.29) is 12.1 Å². The highest BCUT2D eigenvalue weighted by molar-refractivity contribution is 5.71. The van der Waals surface area contributed by atoms with Crippen molar-refractivity contribution < 1.29 is 9.63 Å². The molecule has 0 aromatic heterocycles. The van der Waals surface area contributed by atoms with Crippen molar-refractivity contribution in [2.24, 2.45) is 0 Å². The zero-order chi connectivity index (χ0) is 12.5. The average Bonchev–Trinajstić information content (AvgIpc) is 2.34. The first kappa shape index (κ1) is 14.1. The highest BCUT2D eigenvalue weighted by atomic mass is 16.7. The lowest BCUT2D eigenvalue weighted by Gasteiger charge is -2.34. The van der Waals surface area contributed by atoms with Gasteiger partial charge in [-0.3, -0.25) is 19.8 Å². The third-order valence-corrected chi connectivity index (χ3v) is 2.55. The van der Waals surface area contributed by atoms with Crippen molar-refractivity contribution in [3.63, 3.8) is 0 Å². The lowest BCUT2D eigenvalue weighted by molar-refractivity contribution is -0.133. The van der Waals surface area contributed by atoms with Crippen LogP contribution in [0.3, 0.4) is 0 Å². The van der Waals surface area contributed by atoms with Crippen molar-refractivity contribution in [3.05, 3.63) is 12.7 Å². The monoisotopic (exact) mass is 242 g/mol. The van der Waals surface area contributed by atoms with E-state index in [4.69, 9.17) is 4.84 Å². The van der Waals surface area contributed by atoms with Gasteiger partial charge < -0.3 is 5.32 Å². The zero-order valence-corrected chi connectivity index (χ0v) is 10.4. The summed E-state index contributed by atoms with van der Waals surface area (Å²) in [4.78, 5) is 18.2. The molecular formula is C11H22N4O2. The SMILES string of the molecule is C=CCNC(CONC(C)=O)N1CCNCC1. The Morgan fingerprint density at radius 1 is 1.59 bits per heavy atom. The van der Waals surface area contributed by atoms with Gasteiger partial charge in [0, 0.05) is 39.6 Å². The number of hydroxylamine groups is 1. The number of piperazine rings is 1. The smallest absolute Gasteiger partial charge is 0.240 e. The second-order valence-corrected chi connectivity index (χ2v) is 3.97. The van der Waals surface area contributed by atoms with Crippen LogP contribution in [0, 0.1) is 0 Å². The van der Waals surface area contributed by atoms with Crippen LogP contribution in [-0.4, -0.2) is 56.3 Å². The molecule has 98 valence electrons. The molecule has 0 radical (unpaired) electrons. The van der Waals surface area contributed by atoms with Crippen molar-refractivity contribution in [1.82, 2.24) is 21.0 Å². The fourth-order valence-electron chi connectivity index (χ4n) is 1.73. The number of hydrogen-bond acceptors (Lipinski definition) is 5. The van der Waals surface area contributed by atoms with E-state index in [1.54, 1.807) is 0 Å². The Balaban J connectivity index is 2.34. The Hall–Kier alpha value is -0.950. The van der Waals surface area contributed by atoms with Gasteiger partial charge in [-0.05, 0) is 0 Å². The molecule has 1 rings (SSSR count). The van der Waals surface area contributed by atoms with E-state index >= 15 is 0 Å². The molecule has 0 saturated carbocycles. The second kappa shape index (κ2) is 8.19. The number of carbonyl (C=O) groups excluding carboxylic acids is 1. The van der Waals surface area contributed by atoms with Crippen molar-refractivity contribution in [3.8, 4) is 0 Å². The molecule has 3 N–H and O–H groups in total. The fourth-order valence-corrected chi connectivity index (χ4v) is 1.73. The normalized spacial score (nSPS) is 18.6. The van der Waals surface area contributed by atoms with Gasteiger partial charge in [-0.15, -0.1) is 6.58 Å². The predicted molar refractivity (Wildman–Crippen MR) is 66.2 cm³/mol. The van der Waals surface area contributed by atoms with Gasteiger partial charge in [0.15, 0.2) is 0 Å². The summed E-state index contributed by atoms with van der Waals surface area (Å²) >= 11 is 0. The molecule has 6 nitrogen and oxygen atoms in total. The maximum Gasteiger partial charge on any atom is 0.240 e. The molecule has 0 aromatic carbocycles. The molecule has 1 saturated heterocycles. The van der Waals surface area contributed by atoms with Crippen molar-refractivity contribution in [1.29, 1.82) is 0 Å². The summed E-state index contributed by atoms with van der Waals surface area (Å²) in [6.45, 7) is 10.2. The highest BCUT2D eigenvalue weighted by Gasteiger charge is 2.19. The van der Waals surface area contributed by atoms with E-state index in [1.807, 2.05) is 6.08 Å². The maximum atomic E-state index is 10.7. The van der Waals surface area contributed by atoms with Gasteiger partial charge >= 0.3 is 0 Å². The van der Waals surface area contributed by atoms with Crippen LogP contribution in [0.15, 0.2) is 12.7 Å². The highest BCUT2D eigenvalue weighted by Crippen LogP contribution is 1.99. The number of nitrogens with one attached hydrogen (secondary N) is 3. The standard InChI is InChI=1S/C11H22N4O2/c1-3-4-13-11(9-17-14-10(2)16)15-7-5-12-6-8-15/h3,11-13H,1,4-9H2,2H3,(H,14,16). The molecule has 1 atom stereocenters.